The first-order chi connectivity index (χ1) is 6.94. The van der Waals surface area contributed by atoms with Gasteiger partial charge in [-0.25, -0.2) is 0 Å². The summed E-state index contributed by atoms with van der Waals surface area (Å²) in [5.74, 6) is 0.148. The molecule has 0 heterocycles. The summed E-state index contributed by atoms with van der Waals surface area (Å²) >= 11 is 0. The van der Waals surface area contributed by atoms with E-state index in [4.69, 9.17) is 5.21 Å². The van der Waals surface area contributed by atoms with Crippen LogP contribution in [0.15, 0.2) is 29.4 Å². The molecule has 1 rings (SSSR count). The molecule has 0 amide bonds. The average molecular weight is 207 g/mol. The van der Waals surface area contributed by atoms with Crippen LogP contribution in [0.2, 0.25) is 0 Å². The van der Waals surface area contributed by atoms with E-state index in [2.05, 4.69) is 25.9 Å². The molecule has 15 heavy (non-hydrogen) atoms. The third kappa shape index (κ3) is 3.27. The van der Waals surface area contributed by atoms with E-state index in [1.165, 1.54) is 0 Å². The highest BCUT2D eigenvalue weighted by molar-refractivity contribution is 6.02. The normalized spacial score (nSPS) is 12.9. The van der Waals surface area contributed by atoms with Crippen molar-refractivity contribution in [2.75, 3.05) is 0 Å². The first kappa shape index (κ1) is 11.6. The van der Waals surface area contributed by atoms with Crippen molar-refractivity contribution in [3.8, 4) is 5.75 Å². The fraction of sp³-hybridized carbons (Fsp3) is 0.417. The Labute approximate surface area is 90.1 Å². The van der Waals surface area contributed by atoms with Crippen LogP contribution in [0.25, 0.3) is 0 Å². The van der Waals surface area contributed by atoms with Crippen LogP contribution < -0.4 is 0 Å². The van der Waals surface area contributed by atoms with E-state index in [0.29, 0.717) is 17.7 Å². The molecule has 0 aliphatic rings. The van der Waals surface area contributed by atoms with Crippen molar-refractivity contribution in [2.24, 2.45) is 10.6 Å². The van der Waals surface area contributed by atoms with Gasteiger partial charge >= 0.3 is 0 Å². The Balaban J connectivity index is 3.00. The van der Waals surface area contributed by atoms with E-state index in [1.807, 2.05) is 6.07 Å². The van der Waals surface area contributed by atoms with Crippen molar-refractivity contribution in [3.63, 3.8) is 0 Å². The summed E-state index contributed by atoms with van der Waals surface area (Å²) in [6.07, 6.45) is 0.612. The lowest BCUT2D eigenvalue weighted by Gasteiger charge is -2.19. The number of hydrogen-bond acceptors (Lipinski definition) is 3. The lowest BCUT2D eigenvalue weighted by molar-refractivity contribution is 0.312. The molecule has 0 bridgehead atoms. The quantitative estimate of drug-likeness (QED) is 0.445. The van der Waals surface area contributed by atoms with Crippen LogP contribution in [-0.2, 0) is 0 Å². The summed E-state index contributed by atoms with van der Waals surface area (Å²) in [4.78, 5) is 0. The van der Waals surface area contributed by atoms with Gasteiger partial charge in [0.15, 0.2) is 0 Å². The van der Waals surface area contributed by atoms with Crippen LogP contribution in [0.1, 0.15) is 32.8 Å². The molecule has 0 aromatic heterocycles. The van der Waals surface area contributed by atoms with Gasteiger partial charge in [0.05, 0.1) is 5.71 Å². The van der Waals surface area contributed by atoms with E-state index in [-0.39, 0.29) is 11.2 Å². The van der Waals surface area contributed by atoms with Crippen molar-refractivity contribution < 1.29 is 10.3 Å². The Morgan fingerprint density at radius 1 is 1.27 bits per heavy atom. The summed E-state index contributed by atoms with van der Waals surface area (Å²) in [6.45, 7) is 6.16. The second-order valence-corrected chi connectivity index (χ2v) is 4.80. The zero-order chi connectivity index (χ0) is 11.5. The smallest absolute Gasteiger partial charge is 0.124 e. The van der Waals surface area contributed by atoms with Gasteiger partial charge in [-0.15, -0.1) is 0 Å². The Morgan fingerprint density at radius 3 is 2.33 bits per heavy atom. The van der Waals surface area contributed by atoms with Crippen molar-refractivity contribution in [2.45, 2.75) is 27.2 Å². The summed E-state index contributed by atoms with van der Waals surface area (Å²) in [7, 11) is 0. The molecule has 1 aromatic rings. The number of oxime groups is 1. The van der Waals surface area contributed by atoms with Gasteiger partial charge in [0.25, 0.3) is 0 Å². The third-order valence-electron chi connectivity index (χ3n) is 2.03. The topological polar surface area (TPSA) is 52.8 Å². The largest absolute Gasteiger partial charge is 0.507 e. The van der Waals surface area contributed by atoms with Gasteiger partial charge in [0.2, 0.25) is 0 Å². The maximum absolute atomic E-state index is 9.62. The highest BCUT2D eigenvalue weighted by Gasteiger charge is 2.18. The molecule has 0 unspecified atom stereocenters. The number of benzene rings is 1. The molecule has 0 saturated carbocycles. The Bertz CT molecular complexity index is 364. The van der Waals surface area contributed by atoms with E-state index < -0.39 is 0 Å². The highest BCUT2D eigenvalue weighted by atomic mass is 16.4. The second-order valence-electron chi connectivity index (χ2n) is 4.80. The summed E-state index contributed by atoms with van der Waals surface area (Å²) in [6, 6.07) is 6.88. The molecule has 1 aromatic carbocycles. The summed E-state index contributed by atoms with van der Waals surface area (Å²) < 4.78 is 0. The van der Waals surface area contributed by atoms with Gasteiger partial charge in [-0.2, -0.15) is 0 Å². The van der Waals surface area contributed by atoms with Gasteiger partial charge in [0.1, 0.15) is 5.75 Å². The van der Waals surface area contributed by atoms with Gasteiger partial charge in [0, 0.05) is 5.56 Å². The zero-order valence-electron chi connectivity index (χ0n) is 9.36. The first-order valence-electron chi connectivity index (χ1n) is 4.93. The highest BCUT2D eigenvalue weighted by Crippen LogP contribution is 2.25. The molecule has 0 spiro atoms. The minimum absolute atomic E-state index is 0.0177. The molecule has 3 nitrogen and oxygen atoms in total. The van der Waals surface area contributed by atoms with E-state index in [1.54, 1.807) is 18.2 Å². The number of phenolic OH excluding ortho intramolecular Hbond substituents is 1. The van der Waals surface area contributed by atoms with Crippen molar-refractivity contribution >= 4 is 5.71 Å². The lowest BCUT2D eigenvalue weighted by Crippen LogP contribution is -2.14. The summed E-state index contributed by atoms with van der Waals surface area (Å²) in [5, 5.41) is 21.8. The molecule has 0 radical (unpaired) electrons. The number of hydrogen-bond donors (Lipinski definition) is 2. The third-order valence-corrected chi connectivity index (χ3v) is 2.03. The molecule has 2 N–H and O–H groups in total. The minimum Gasteiger partial charge on any atom is -0.507 e. The monoisotopic (exact) mass is 207 g/mol. The molecule has 0 aliphatic heterocycles. The Morgan fingerprint density at radius 2 is 1.87 bits per heavy atom. The number of aromatic hydroxyl groups is 1. The Hall–Kier alpha value is -1.51. The zero-order valence-corrected chi connectivity index (χ0v) is 9.36. The fourth-order valence-corrected chi connectivity index (χ4v) is 1.40. The van der Waals surface area contributed by atoms with Crippen molar-refractivity contribution in [1.29, 1.82) is 0 Å². The fourth-order valence-electron chi connectivity index (χ4n) is 1.40. The van der Waals surface area contributed by atoms with Crippen LogP contribution in [0.5, 0.6) is 5.75 Å². The predicted molar refractivity (Wildman–Crippen MR) is 60.5 cm³/mol. The van der Waals surface area contributed by atoms with Crippen molar-refractivity contribution in [1.82, 2.24) is 0 Å². The number of nitrogens with zero attached hydrogens (tertiary/aromatic N) is 1. The van der Waals surface area contributed by atoms with Crippen LogP contribution in [0, 0.1) is 5.41 Å². The molecule has 0 fully saturated rings. The summed E-state index contributed by atoms with van der Waals surface area (Å²) in [5.41, 5.74) is 1.12. The minimum atomic E-state index is 0.0177. The lowest BCUT2D eigenvalue weighted by atomic mass is 9.87. The molecular weight excluding hydrogens is 190 g/mol. The first-order valence-corrected chi connectivity index (χ1v) is 4.93. The predicted octanol–water partition coefficient (Wildman–Crippen LogP) is 3.01. The van der Waals surface area contributed by atoms with Gasteiger partial charge in [-0.1, -0.05) is 38.1 Å². The Kier molecular flexibility index (Phi) is 3.35. The number of para-hydroxylation sites is 1. The number of phenols is 1. The maximum atomic E-state index is 9.62. The van der Waals surface area contributed by atoms with E-state index >= 15 is 0 Å². The van der Waals surface area contributed by atoms with Gasteiger partial charge in [-0.3, -0.25) is 0 Å². The van der Waals surface area contributed by atoms with Crippen LogP contribution in [0.3, 0.4) is 0 Å². The molecular formula is C12H17NO2. The molecule has 3 heteroatoms. The molecule has 0 aliphatic carbocycles. The molecule has 0 atom stereocenters. The van der Waals surface area contributed by atoms with E-state index in [9.17, 15) is 5.11 Å². The molecule has 0 saturated heterocycles. The van der Waals surface area contributed by atoms with Crippen molar-refractivity contribution in [3.05, 3.63) is 29.8 Å². The average Bonchev–Trinajstić information content (AvgIpc) is 2.14. The van der Waals surface area contributed by atoms with E-state index in [0.717, 1.165) is 0 Å². The number of rotatable bonds is 2. The SMILES string of the molecule is CC(C)(C)C/C(=N/O)c1ccccc1O. The second kappa shape index (κ2) is 4.34. The van der Waals surface area contributed by atoms with Crippen LogP contribution in [-0.4, -0.2) is 16.0 Å². The maximum Gasteiger partial charge on any atom is 0.124 e. The van der Waals surface area contributed by atoms with Crippen LogP contribution in [0.4, 0.5) is 0 Å². The molecule has 82 valence electrons. The standard InChI is InChI=1S/C12H17NO2/c1-12(2,3)8-10(13-15)9-6-4-5-7-11(9)14/h4-7,14-15H,8H2,1-3H3/b13-10-. The van der Waals surface area contributed by atoms with Gasteiger partial charge < -0.3 is 10.3 Å². The van der Waals surface area contributed by atoms with Crippen LogP contribution >= 0.6 is 0 Å². The van der Waals surface area contributed by atoms with Gasteiger partial charge in [-0.05, 0) is 24.0 Å².